The van der Waals surface area contributed by atoms with E-state index in [4.69, 9.17) is 4.74 Å². The molecule has 0 amide bonds. The Hall–Kier alpha value is -1.17. The van der Waals surface area contributed by atoms with Gasteiger partial charge in [0, 0.05) is 47.8 Å². The zero-order valence-corrected chi connectivity index (χ0v) is 16.8. The van der Waals surface area contributed by atoms with Crippen LogP contribution in [0.2, 0.25) is 0 Å². The van der Waals surface area contributed by atoms with Crippen molar-refractivity contribution < 1.29 is 4.74 Å². The summed E-state index contributed by atoms with van der Waals surface area (Å²) < 4.78 is 7.89. The summed E-state index contributed by atoms with van der Waals surface area (Å²) in [6.07, 6.45) is 5.64. The molecule has 0 saturated carbocycles. The second-order valence-corrected chi connectivity index (χ2v) is 8.45. The van der Waals surface area contributed by atoms with E-state index in [0.717, 1.165) is 26.3 Å². The van der Waals surface area contributed by atoms with Gasteiger partial charge in [-0.25, -0.2) is 0 Å². The van der Waals surface area contributed by atoms with Crippen molar-refractivity contribution in [1.29, 1.82) is 0 Å². The van der Waals surface area contributed by atoms with Crippen molar-refractivity contribution in [2.75, 3.05) is 26.3 Å². The number of thiophene rings is 1. The first-order valence-electron chi connectivity index (χ1n) is 9.37. The van der Waals surface area contributed by atoms with Crippen LogP contribution in [0.3, 0.4) is 0 Å². The molecule has 3 heterocycles. The molecule has 0 aliphatic carbocycles. The van der Waals surface area contributed by atoms with Crippen LogP contribution in [0.25, 0.3) is 0 Å². The molecule has 0 bridgehead atoms. The van der Waals surface area contributed by atoms with Gasteiger partial charge in [-0.2, -0.15) is 5.10 Å². The zero-order valence-electron chi connectivity index (χ0n) is 16.0. The van der Waals surface area contributed by atoms with E-state index in [9.17, 15) is 0 Å². The lowest BCUT2D eigenvalue weighted by atomic mass is 9.83. The van der Waals surface area contributed by atoms with Crippen molar-refractivity contribution in [3.63, 3.8) is 0 Å². The van der Waals surface area contributed by atoms with Gasteiger partial charge < -0.3 is 4.74 Å². The van der Waals surface area contributed by atoms with Gasteiger partial charge in [0.25, 0.3) is 0 Å². The van der Waals surface area contributed by atoms with E-state index in [1.54, 1.807) is 0 Å². The molecule has 2 aromatic rings. The van der Waals surface area contributed by atoms with Gasteiger partial charge in [0.15, 0.2) is 0 Å². The van der Waals surface area contributed by atoms with E-state index in [2.05, 4.69) is 48.3 Å². The summed E-state index contributed by atoms with van der Waals surface area (Å²) in [6.45, 7) is 10.5. The molecule has 1 aliphatic rings. The van der Waals surface area contributed by atoms with Gasteiger partial charge in [0.2, 0.25) is 0 Å². The largest absolute Gasteiger partial charge is 0.381 e. The molecule has 0 spiro atoms. The van der Waals surface area contributed by atoms with E-state index in [1.807, 2.05) is 29.3 Å². The number of aryl methyl sites for hydroxylation is 2. The van der Waals surface area contributed by atoms with E-state index < -0.39 is 0 Å². The Morgan fingerprint density at radius 1 is 1.44 bits per heavy atom. The normalized spacial score (nSPS) is 22.6. The smallest absolute Gasteiger partial charge is 0.0540 e. The summed E-state index contributed by atoms with van der Waals surface area (Å²) in [7, 11) is 2.02. The van der Waals surface area contributed by atoms with Gasteiger partial charge in [0.1, 0.15) is 0 Å². The molecule has 1 unspecified atom stereocenters. The van der Waals surface area contributed by atoms with Crippen LogP contribution in [0.5, 0.6) is 0 Å². The third-order valence-corrected chi connectivity index (χ3v) is 6.77. The van der Waals surface area contributed by atoms with Crippen molar-refractivity contribution in [2.45, 2.75) is 46.1 Å². The van der Waals surface area contributed by atoms with Crippen LogP contribution in [-0.4, -0.2) is 41.0 Å². The van der Waals surface area contributed by atoms with Gasteiger partial charge in [0.05, 0.1) is 12.8 Å². The van der Waals surface area contributed by atoms with Crippen LogP contribution >= 0.6 is 11.3 Å². The minimum Gasteiger partial charge on any atom is -0.381 e. The average molecular weight is 362 g/mol. The Labute approximate surface area is 155 Å². The quantitative estimate of drug-likeness (QED) is 0.705. The third-order valence-electron chi connectivity index (χ3n) is 5.83. The maximum Gasteiger partial charge on any atom is 0.0540 e. The van der Waals surface area contributed by atoms with Crippen molar-refractivity contribution in [3.8, 4) is 0 Å². The molecule has 4 nitrogen and oxygen atoms in total. The molecule has 1 fully saturated rings. The number of hydrogen-bond acceptors (Lipinski definition) is 4. The topological polar surface area (TPSA) is 30.3 Å². The molecule has 1 saturated heterocycles. The number of likely N-dealkylation sites (tertiary alicyclic amines) is 1. The highest BCUT2D eigenvalue weighted by Crippen LogP contribution is 2.40. The zero-order chi connectivity index (χ0) is 17.9. The van der Waals surface area contributed by atoms with Gasteiger partial charge in [-0.05, 0) is 58.0 Å². The molecule has 1 aliphatic heterocycles. The lowest BCUT2D eigenvalue weighted by molar-refractivity contribution is 0.0467. The fraction of sp³-hybridized carbons (Fsp3) is 0.650. The van der Waals surface area contributed by atoms with E-state index in [0.29, 0.717) is 6.04 Å². The molecule has 0 N–H and O–H groups in total. The molecule has 0 aromatic carbocycles. The maximum absolute atomic E-state index is 5.91. The fourth-order valence-electron chi connectivity index (χ4n) is 3.98. The van der Waals surface area contributed by atoms with Crippen LogP contribution in [0, 0.1) is 12.3 Å². The van der Waals surface area contributed by atoms with E-state index in [1.165, 1.54) is 35.4 Å². The summed E-state index contributed by atoms with van der Waals surface area (Å²) in [5.41, 5.74) is 2.91. The highest BCUT2D eigenvalue weighted by molar-refractivity contribution is 7.09. The van der Waals surface area contributed by atoms with Crippen LogP contribution in [-0.2, 0) is 18.2 Å². The van der Waals surface area contributed by atoms with Crippen LogP contribution < -0.4 is 0 Å². The first-order valence-corrected chi connectivity index (χ1v) is 10.3. The molecular formula is C20H31N3OS. The first-order chi connectivity index (χ1) is 12.0. The first kappa shape index (κ1) is 18.6. The summed E-state index contributed by atoms with van der Waals surface area (Å²) >= 11 is 1.87. The minimum absolute atomic E-state index is 0.282. The summed E-state index contributed by atoms with van der Waals surface area (Å²) in [4.78, 5) is 4.11. The molecule has 138 valence electrons. The third kappa shape index (κ3) is 4.15. The van der Waals surface area contributed by atoms with E-state index >= 15 is 0 Å². The average Bonchev–Trinajstić information content (AvgIpc) is 3.34. The van der Waals surface area contributed by atoms with Gasteiger partial charge in [-0.1, -0.05) is 6.07 Å². The molecule has 5 heteroatoms. The lowest BCUT2D eigenvalue weighted by Gasteiger charge is -2.31. The van der Waals surface area contributed by atoms with Crippen LogP contribution in [0.1, 0.15) is 48.9 Å². The Bertz CT molecular complexity index is 667. The standard InChI is InChI=1S/C20H31N3OS/c1-5-24-15-20(9-8-18-7-6-12-25-18)10-11-23(14-20)17(3)19-13-21-22(4)16(19)2/h6-7,12-13,17H,5,8-11,14-15H2,1-4H3/t17?,20-/m0/s1. The monoisotopic (exact) mass is 361 g/mol. The van der Waals surface area contributed by atoms with Crippen molar-refractivity contribution in [2.24, 2.45) is 12.5 Å². The number of rotatable bonds is 8. The Kier molecular flexibility index (Phi) is 5.97. The summed E-state index contributed by atoms with van der Waals surface area (Å²) in [6, 6.07) is 4.83. The van der Waals surface area contributed by atoms with Crippen LogP contribution in [0.4, 0.5) is 0 Å². The minimum atomic E-state index is 0.282. The highest BCUT2D eigenvalue weighted by Gasteiger charge is 2.40. The number of aromatic nitrogens is 2. The number of hydrogen-bond donors (Lipinski definition) is 0. The van der Waals surface area contributed by atoms with E-state index in [-0.39, 0.29) is 5.41 Å². The predicted molar refractivity (Wildman–Crippen MR) is 104 cm³/mol. The summed E-state index contributed by atoms with van der Waals surface area (Å²) in [5, 5.41) is 6.61. The Morgan fingerprint density at radius 3 is 2.92 bits per heavy atom. The fourth-order valence-corrected chi connectivity index (χ4v) is 4.69. The molecule has 0 radical (unpaired) electrons. The van der Waals surface area contributed by atoms with Gasteiger partial charge in [-0.3, -0.25) is 9.58 Å². The molecule has 2 atom stereocenters. The van der Waals surface area contributed by atoms with Crippen molar-refractivity contribution in [3.05, 3.63) is 39.8 Å². The molecule has 2 aromatic heterocycles. The van der Waals surface area contributed by atoms with Crippen LogP contribution in [0.15, 0.2) is 23.7 Å². The second-order valence-electron chi connectivity index (χ2n) is 7.42. The SMILES string of the molecule is CCOC[C@@]1(CCc2cccs2)CCN(C(C)c2cnn(C)c2C)C1. The van der Waals surface area contributed by atoms with Crippen molar-refractivity contribution >= 4 is 11.3 Å². The molecule has 3 rings (SSSR count). The Balaban J connectivity index is 1.69. The highest BCUT2D eigenvalue weighted by atomic mass is 32.1. The second kappa shape index (κ2) is 8.02. The summed E-state index contributed by atoms with van der Waals surface area (Å²) in [5.74, 6) is 0. The molecular weight excluding hydrogens is 330 g/mol. The number of ether oxygens (including phenoxy) is 1. The number of nitrogens with zero attached hydrogens (tertiary/aromatic N) is 3. The maximum atomic E-state index is 5.91. The Morgan fingerprint density at radius 2 is 2.28 bits per heavy atom. The lowest BCUT2D eigenvalue weighted by Crippen LogP contribution is -2.33. The van der Waals surface area contributed by atoms with Gasteiger partial charge >= 0.3 is 0 Å². The predicted octanol–water partition coefficient (Wildman–Crippen LogP) is 4.21. The molecule has 25 heavy (non-hydrogen) atoms. The van der Waals surface area contributed by atoms with Gasteiger partial charge in [-0.15, -0.1) is 11.3 Å². The van der Waals surface area contributed by atoms with Crippen molar-refractivity contribution in [1.82, 2.24) is 14.7 Å².